The third kappa shape index (κ3) is 3.45. The van der Waals surface area contributed by atoms with Crippen molar-refractivity contribution in [2.45, 2.75) is 58.7 Å². The molecule has 1 aliphatic heterocycles. The minimum atomic E-state index is -1.08. The first-order valence-corrected chi connectivity index (χ1v) is 11.1. The lowest BCUT2D eigenvalue weighted by Gasteiger charge is -2.61. The Hall–Kier alpha value is -3.08. The predicted octanol–water partition coefficient (Wildman–Crippen LogP) is 2.98. The minimum Gasteiger partial charge on any atom is -0.469 e. The molecule has 2 saturated carbocycles. The number of hydrogen-bond donors (Lipinski definition) is 0. The maximum absolute atomic E-state index is 13.8. The Morgan fingerprint density at radius 1 is 1.24 bits per heavy atom. The van der Waals surface area contributed by atoms with Crippen LogP contribution in [0.2, 0.25) is 0 Å². The van der Waals surface area contributed by atoms with Gasteiger partial charge in [-0.2, -0.15) is 0 Å². The van der Waals surface area contributed by atoms with E-state index in [1.165, 1.54) is 20.3 Å². The van der Waals surface area contributed by atoms with Crippen LogP contribution in [-0.4, -0.2) is 36.9 Å². The predicted molar refractivity (Wildman–Crippen MR) is 113 cm³/mol. The smallest absolute Gasteiger partial charge is 0.310 e. The highest BCUT2D eigenvalue weighted by Gasteiger charge is 2.67. The van der Waals surface area contributed by atoms with Gasteiger partial charge >= 0.3 is 17.9 Å². The Morgan fingerprint density at radius 2 is 1.97 bits per heavy atom. The van der Waals surface area contributed by atoms with Gasteiger partial charge in [0.05, 0.1) is 25.2 Å². The van der Waals surface area contributed by atoms with Gasteiger partial charge in [0.25, 0.3) is 0 Å². The molecule has 8 heteroatoms. The van der Waals surface area contributed by atoms with E-state index < -0.39 is 58.7 Å². The van der Waals surface area contributed by atoms with Crippen LogP contribution in [0.1, 0.15) is 63.9 Å². The van der Waals surface area contributed by atoms with E-state index in [-0.39, 0.29) is 18.0 Å². The number of fused-ring (bicyclic) bond motifs is 3. The number of terminal acetylenes is 1. The Morgan fingerprint density at radius 3 is 2.61 bits per heavy atom. The molecule has 0 amide bonds. The molecule has 4 rings (SSSR count). The number of ether oxygens (including phenoxy) is 3. The number of cyclic esters (lactones) is 1. The molecular weight excluding hydrogens is 428 g/mol. The van der Waals surface area contributed by atoms with Gasteiger partial charge in [0.15, 0.2) is 17.6 Å². The van der Waals surface area contributed by atoms with Crippen molar-refractivity contribution in [1.29, 1.82) is 0 Å². The molecule has 3 fully saturated rings. The normalized spacial score (nSPS) is 37.7. The number of Topliss-reactive ketones (excluding diaryl/α,β-unsaturated/α-hetero) is 1. The van der Waals surface area contributed by atoms with Crippen LogP contribution in [0.4, 0.5) is 0 Å². The molecule has 1 saturated heterocycles. The highest BCUT2D eigenvalue weighted by molar-refractivity contribution is 5.93. The van der Waals surface area contributed by atoms with Gasteiger partial charge in [-0.25, -0.2) is 0 Å². The van der Waals surface area contributed by atoms with Gasteiger partial charge < -0.3 is 18.6 Å². The van der Waals surface area contributed by atoms with Gasteiger partial charge in [-0.3, -0.25) is 19.2 Å². The zero-order chi connectivity index (χ0) is 24.1. The molecule has 3 aliphatic rings. The number of hydrogen-bond acceptors (Lipinski definition) is 8. The second-order valence-corrected chi connectivity index (χ2v) is 9.83. The van der Waals surface area contributed by atoms with Crippen molar-refractivity contribution in [2.24, 2.45) is 28.6 Å². The summed E-state index contributed by atoms with van der Waals surface area (Å²) in [5.74, 6) is -0.901. The number of carbonyl (C=O) groups excluding carboxylic acids is 4. The molecular formula is C25H28O8. The summed E-state index contributed by atoms with van der Waals surface area (Å²) in [6.45, 7) is 5.03. The van der Waals surface area contributed by atoms with Gasteiger partial charge in [-0.15, -0.1) is 6.42 Å². The van der Waals surface area contributed by atoms with Crippen LogP contribution in [0, 0.1) is 40.9 Å². The van der Waals surface area contributed by atoms with Crippen molar-refractivity contribution < 1.29 is 37.8 Å². The number of ketones is 1. The maximum Gasteiger partial charge on any atom is 0.310 e. The van der Waals surface area contributed by atoms with E-state index in [1.807, 2.05) is 13.8 Å². The van der Waals surface area contributed by atoms with Gasteiger partial charge in [-0.05, 0) is 42.1 Å². The Balaban J connectivity index is 1.81. The van der Waals surface area contributed by atoms with Crippen LogP contribution >= 0.6 is 0 Å². The van der Waals surface area contributed by atoms with Crippen molar-refractivity contribution in [3.8, 4) is 12.3 Å². The number of carbonyl (C=O) groups is 4. The van der Waals surface area contributed by atoms with E-state index in [0.717, 1.165) is 0 Å². The van der Waals surface area contributed by atoms with E-state index in [9.17, 15) is 19.2 Å². The molecule has 33 heavy (non-hydrogen) atoms. The van der Waals surface area contributed by atoms with Crippen molar-refractivity contribution in [3.05, 3.63) is 23.7 Å². The van der Waals surface area contributed by atoms with E-state index >= 15 is 0 Å². The zero-order valence-corrected chi connectivity index (χ0v) is 19.2. The topological polar surface area (TPSA) is 109 Å². The van der Waals surface area contributed by atoms with Crippen LogP contribution in [0.5, 0.6) is 0 Å². The van der Waals surface area contributed by atoms with Crippen molar-refractivity contribution >= 4 is 23.7 Å². The molecule has 0 N–H and O–H groups in total. The fraction of sp³-hybridized carbons (Fsp3) is 0.600. The highest BCUT2D eigenvalue weighted by atomic mass is 16.6. The van der Waals surface area contributed by atoms with Crippen molar-refractivity contribution in [2.75, 3.05) is 7.11 Å². The van der Waals surface area contributed by atoms with E-state index in [0.29, 0.717) is 24.8 Å². The van der Waals surface area contributed by atoms with Crippen LogP contribution < -0.4 is 0 Å². The Bertz CT molecular complexity index is 1050. The van der Waals surface area contributed by atoms with E-state index in [1.54, 1.807) is 6.07 Å². The lowest BCUT2D eigenvalue weighted by molar-refractivity contribution is -0.210. The summed E-state index contributed by atoms with van der Waals surface area (Å²) in [5.41, 5.74) is -1.04. The molecule has 0 unspecified atom stereocenters. The molecule has 7 atom stereocenters. The van der Waals surface area contributed by atoms with Gasteiger partial charge in [-0.1, -0.05) is 13.8 Å². The summed E-state index contributed by atoms with van der Waals surface area (Å²) in [5, 5.41) is 0. The molecule has 0 radical (unpaired) electrons. The van der Waals surface area contributed by atoms with Gasteiger partial charge in [0, 0.05) is 24.8 Å². The monoisotopic (exact) mass is 456 g/mol. The maximum atomic E-state index is 13.8. The molecule has 1 aromatic rings. The SMILES string of the molecule is C#Cc1occc1[C@@H]1C[C@]2(C)[C@H]3C(=O)[C@@H](OC(C)=O)C[C@@H](C(=O)OC)[C@]3(C)CC[C@H]2C(=O)O1. The molecule has 2 aliphatic carbocycles. The van der Waals surface area contributed by atoms with Gasteiger partial charge in [0.1, 0.15) is 6.10 Å². The summed E-state index contributed by atoms with van der Waals surface area (Å²) in [6.07, 6.45) is 6.55. The van der Waals surface area contributed by atoms with Crippen LogP contribution in [-0.2, 0) is 33.4 Å². The molecule has 2 heterocycles. The molecule has 0 aromatic carbocycles. The average Bonchev–Trinajstić information content (AvgIpc) is 3.23. The number of rotatable bonds is 3. The lowest BCUT2D eigenvalue weighted by Crippen LogP contribution is -2.64. The number of furan rings is 1. The first-order chi connectivity index (χ1) is 15.6. The number of esters is 3. The summed E-state index contributed by atoms with van der Waals surface area (Å²) in [7, 11) is 1.31. The zero-order valence-electron chi connectivity index (χ0n) is 19.2. The van der Waals surface area contributed by atoms with Crippen molar-refractivity contribution in [1.82, 2.24) is 0 Å². The Kier molecular flexibility index (Phi) is 5.63. The fourth-order valence-corrected chi connectivity index (χ4v) is 6.68. The summed E-state index contributed by atoms with van der Waals surface area (Å²) in [6, 6.07) is 1.67. The van der Waals surface area contributed by atoms with Crippen LogP contribution in [0.25, 0.3) is 0 Å². The summed E-state index contributed by atoms with van der Waals surface area (Å²) in [4.78, 5) is 51.5. The van der Waals surface area contributed by atoms with Crippen LogP contribution in [0.3, 0.4) is 0 Å². The number of methoxy groups -OCH3 is 1. The Labute approximate surface area is 192 Å². The largest absolute Gasteiger partial charge is 0.469 e. The lowest BCUT2D eigenvalue weighted by atomic mass is 9.43. The fourth-order valence-electron chi connectivity index (χ4n) is 6.68. The summed E-state index contributed by atoms with van der Waals surface area (Å²) < 4.78 is 21.5. The second-order valence-electron chi connectivity index (χ2n) is 9.83. The molecule has 0 bridgehead atoms. The van der Waals surface area contributed by atoms with E-state index in [2.05, 4.69) is 5.92 Å². The second kappa shape index (κ2) is 8.05. The standard InChI is InChI=1S/C25H28O8/c1-6-17-14(8-10-31-17)19-12-25(4)15(23(29)33-19)7-9-24(3)16(22(28)30-5)11-18(32-13(2)26)20(27)21(24)25/h1,8,10,15-16,18-19,21H,7,9,11-12H2,2-5H3/t15-,16-,18-,19-,21-,24-,25-/m0/s1. The molecule has 1 aromatic heterocycles. The van der Waals surface area contributed by atoms with Crippen LogP contribution in [0.15, 0.2) is 16.7 Å². The first-order valence-electron chi connectivity index (χ1n) is 11.1. The minimum absolute atomic E-state index is 0.0652. The first kappa shape index (κ1) is 23.1. The molecule has 0 spiro atoms. The highest BCUT2D eigenvalue weighted by Crippen LogP contribution is 2.65. The quantitative estimate of drug-likeness (QED) is 0.388. The molecule has 176 valence electrons. The third-order valence-electron chi connectivity index (χ3n) is 8.07. The molecule has 8 nitrogen and oxygen atoms in total. The van der Waals surface area contributed by atoms with Crippen molar-refractivity contribution in [3.63, 3.8) is 0 Å². The van der Waals surface area contributed by atoms with E-state index in [4.69, 9.17) is 25.1 Å². The summed E-state index contributed by atoms with van der Waals surface area (Å²) >= 11 is 0. The third-order valence-corrected chi connectivity index (χ3v) is 8.07. The van der Waals surface area contributed by atoms with Gasteiger partial charge in [0.2, 0.25) is 0 Å². The average molecular weight is 456 g/mol.